The topological polar surface area (TPSA) is 98.7 Å². The lowest BCUT2D eigenvalue weighted by Crippen LogP contribution is -2.26. The molecule has 0 bridgehead atoms. The Hall–Kier alpha value is -2.08. The molecule has 0 fully saturated rings. The second-order valence-corrected chi connectivity index (χ2v) is 9.18. The molecule has 4 N–H and O–H groups in total. The fraction of sp³-hybridized carbons (Fsp3) is 0.316. The fourth-order valence-electron chi connectivity index (χ4n) is 3.09. The van der Waals surface area contributed by atoms with Crippen LogP contribution in [0.15, 0.2) is 28.7 Å². The molecule has 0 aliphatic carbocycles. The number of carbonyl (C=O) groups is 1. The maximum atomic E-state index is 13.0. The zero-order valence-corrected chi connectivity index (χ0v) is 19.5. The molecule has 2 rings (SSSR count). The number of nitrogens with one attached hydrogen (secondary N) is 2. The van der Waals surface area contributed by atoms with E-state index in [0.29, 0.717) is 28.6 Å². The molecule has 14 heteroatoms. The molecule has 2 aromatic rings. The molecule has 0 aromatic heterocycles. The maximum absolute atomic E-state index is 13.0. The van der Waals surface area contributed by atoms with Gasteiger partial charge in [-0.1, -0.05) is 29.8 Å². The van der Waals surface area contributed by atoms with Crippen LogP contribution in [-0.2, 0) is 29.8 Å². The molecule has 0 heterocycles. The lowest BCUT2D eigenvalue weighted by Gasteiger charge is -2.20. The van der Waals surface area contributed by atoms with Crippen molar-refractivity contribution in [2.75, 3.05) is 10.6 Å². The molecule has 0 saturated carbocycles. The van der Waals surface area contributed by atoms with E-state index in [4.69, 9.17) is 0 Å². The molecule has 0 spiro atoms. The molecule has 33 heavy (non-hydrogen) atoms. The lowest BCUT2D eigenvalue weighted by molar-refractivity contribution is -0.143. The first-order chi connectivity index (χ1) is 15.0. The summed E-state index contributed by atoms with van der Waals surface area (Å²) in [6.07, 6.45) is -9.67. The smallest absolute Gasteiger partial charge is 0.321 e. The highest BCUT2D eigenvalue weighted by molar-refractivity contribution is 9.10. The Labute approximate surface area is 192 Å². The Morgan fingerprint density at radius 3 is 1.85 bits per heavy atom. The third-order valence-corrected chi connectivity index (χ3v) is 6.61. The van der Waals surface area contributed by atoms with Gasteiger partial charge in [-0.05, 0) is 48.2 Å². The molecule has 0 unspecified atom stereocenters. The van der Waals surface area contributed by atoms with Gasteiger partial charge in [0.05, 0.1) is 22.1 Å². The van der Waals surface area contributed by atoms with Gasteiger partial charge in [0.15, 0.2) is 0 Å². The Bertz CT molecular complexity index is 1080. The second-order valence-electron chi connectivity index (χ2n) is 6.85. The van der Waals surface area contributed by atoms with Gasteiger partial charge >= 0.3 is 26.0 Å². The van der Waals surface area contributed by atoms with Gasteiger partial charge in [-0.2, -0.15) is 26.3 Å². The van der Waals surface area contributed by atoms with Crippen LogP contribution in [0.25, 0.3) is 0 Å². The Kier molecular flexibility index (Phi) is 7.95. The number of carbonyl (C=O) groups excluding carboxylic acids is 1. The number of hydrogen-bond acceptors (Lipinski definition) is 2. The van der Waals surface area contributed by atoms with E-state index in [9.17, 15) is 45.5 Å². The molecule has 2 amide bonds. The van der Waals surface area contributed by atoms with Crippen LogP contribution in [0.1, 0.15) is 36.1 Å². The zero-order valence-electron chi connectivity index (χ0n) is 17.0. The molecule has 2 aromatic carbocycles. The van der Waals surface area contributed by atoms with Crippen LogP contribution in [0.2, 0.25) is 0 Å². The molecule has 0 radical (unpaired) electrons. The Morgan fingerprint density at radius 2 is 1.45 bits per heavy atom. The van der Waals surface area contributed by atoms with Crippen LogP contribution in [0, 0.1) is 0 Å². The number of benzene rings is 2. The minimum atomic E-state index is -5.11. The van der Waals surface area contributed by atoms with E-state index in [1.54, 1.807) is 13.8 Å². The first-order valence-corrected chi connectivity index (χ1v) is 11.7. The average Bonchev–Trinajstić information content (AvgIpc) is 2.66. The summed E-state index contributed by atoms with van der Waals surface area (Å²) in [4.78, 5) is 32.0. The lowest BCUT2D eigenvalue weighted by atomic mass is 10.1. The number of hydrogen-bond donors (Lipinski definition) is 4. The second kappa shape index (κ2) is 9.65. The summed E-state index contributed by atoms with van der Waals surface area (Å²) in [5, 5.41) is 3.49. The number of amides is 2. The summed E-state index contributed by atoms with van der Waals surface area (Å²) < 4.78 is 90.6. The van der Waals surface area contributed by atoms with E-state index in [2.05, 4.69) is 21.2 Å². The van der Waals surface area contributed by atoms with Crippen LogP contribution < -0.4 is 15.9 Å². The van der Waals surface area contributed by atoms with Gasteiger partial charge in [-0.3, -0.25) is 4.57 Å². The van der Waals surface area contributed by atoms with E-state index in [0.717, 1.165) is 0 Å². The highest BCUT2D eigenvalue weighted by Crippen LogP contribution is 2.42. The highest BCUT2D eigenvalue weighted by Gasteiger charge is 2.37. The van der Waals surface area contributed by atoms with Gasteiger partial charge in [0, 0.05) is 10.2 Å². The van der Waals surface area contributed by atoms with Crippen molar-refractivity contribution in [3.05, 3.63) is 51.0 Å². The van der Waals surface area contributed by atoms with E-state index >= 15 is 0 Å². The summed E-state index contributed by atoms with van der Waals surface area (Å²) in [5.74, 6) is 0. The average molecular weight is 563 g/mol. The highest BCUT2D eigenvalue weighted by atomic mass is 79.9. The quantitative estimate of drug-likeness (QED) is 0.263. The Morgan fingerprint density at radius 1 is 0.939 bits per heavy atom. The first-order valence-electron chi connectivity index (χ1n) is 9.26. The van der Waals surface area contributed by atoms with Gasteiger partial charge < -0.3 is 20.4 Å². The molecular formula is C19H18BrF6N2O4P. The number of anilines is 2. The number of alkyl halides is 6. The molecule has 182 valence electrons. The van der Waals surface area contributed by atoms with E-state index in [1.807, 2.05) is 5.32 Å². The van der Waals surface area contributed by atoms with E-state index < -0.39 is 48.1 Å². The third-order valence-electron chi connectivity index (χ3n) is 4.53. The maximum Gasteiger partial charge on any atom is 0.416 e. The van der Waals surface area contributed by atoms with Gasteiger partial charge in [-0.15, -0.1) is 0 Å². The summed E-state index contributed by atoms with van der Waals surface area (Å²) >= 11 is 3.27. The van der Waals surface area contributed by atoms with Crippen molar-refractivity contribution in [3.8, 4) is 0 Å². The molecule has 0 aliphatic heterocycles. The van der Waals surface area contributed by atoms with Crippen LogP contribution >= 0.6 is 23.5 Å². The monoisotopic (exact) mass is 562 g/mol. The molecule has 0 atom stereocenters. The number of urea groups is 1. The van der Waals surface area contributed by atoms with Crippen molar-refractivity contribution in [2.45, 2.75) is 39.0 Å². The number of rotatable bonds is 5. The van der Waals surface area contributed by atoms with Gasteiger partial charge in [0.2, 0.25) is 0 Å². The summed E-state index contributed by atoms with van der Waals surface area (Å²) in [7, 11) is -4.94. The summed E-state index contributed by atoms with van der Waals surface area (Å²) in [5.41, 5.74) is -3.62. The largest absolute Gasteiger partial charge is 0.416 e. The van der Waals surface area contributed by atoms with Crippen LogP contribution in [0.3, 0.4) is 0 Å². The van der Waals surface area contributed by atoms with Crippen LogP contribution in [-0.4, -0.2) is 15.8 Å². The van der Waals surface area contributed by atoms with Crippen molar-refractivity contribution < 1.29 is 45.5 Å². The minimum Gasteiger partial charge on any atom is -0.321 e. The zero-order chi connectivity index (χ0) is 25.4. The van der Waals surface area contributed by atoms with Crippen molar-refractivity contribution >= 4 is 46.2 Å². The SMILES string of the molecule is CCc1cc(NC(=O)Nc2cc(C(F)(F)F)cc(C(F)(F)F)c2)c(P(=O)(O)O)c(CC)c1Br. The van der Waals surface area contributed by atoms with Crippen molar-refractivity contribution in [2.24, 2.45) is 0 Å². The van der Waals surface area contributed by atoms with Gasteiger partial charge in [0.1, 0.15) is 0 Å². The van der Waals surface area contributed by atoms with Crippen molar-refractivity contribution in [1.82, 2.24) is 0 Å². The first kappa shape index (κ1) is 27.2. The van der Waals surface area contributed by atoms with E-state index in [1.165, 1.54) is 6.07 Å². The fourth-order valence-corrected chi connectivity index (χ4v) is 5.17. The van der Waals surface area contributed by atoms with Crippen LogP contribution in [0.4, 0.5) is 42.5 Å². The molecule has 6 nitrogen and oxygen atoms in total. The standard InChI is InChI=1S/C19H18BrF6N2O4P/c1-3-9-5-14(16(33(30,31)32)13(4-2)15(9)20)28-17(29)27-12-7-10(18(21,22)23)6-11(8-12)19(24,25)26/h5-8H,3-4H2,1-2H3,(H2,27,28,29)(H2,30,31,32). The minimum absolute atomic E-state index is 0.0925. The van der Waals surface area contributed by atoms with Crippen LogP contribution in [0.5, 0.6) is 0 Å². The normalized spacial score (nSPS) is 12.6. The number of halogens is 7. The summed E-state index contributed by atoms with van der Waals surface area (Å²) in [6.45, 7) is 3.35. The number of aryl methyl sites for hydroxylation is 1. The molecule has 0 aliphatic rings. The predicted octanol–water partition coefficient (Wildman–Crippen LogP) is 6.06. The van der Waals surface area contributed by atoms with Crippen molar-refractivity contribution in [3.63, 3.8) is 0 Å². The molecule has 0 saturated heterocycles. The van der Waals surface area contributed by atoms with Crippen molar-refractivity contribution in [1.29, 1.82) is 0 Å². The van der Waals surface area contributed by atoms with E-state index in [-0.39, 0.29) is 23.7 Å². The molecular weight excluding hydrogens is 545 g/mol. The Balaban J connectivity index is 2.51. The third kappa shape index (κ3) is 6.50. The van der Waals surface area contributed by atoms with Gasteiger partial charge in [-0.25, -0.2) is 4.79 Å². The predicted molar refractivity (Wildman–Crippen MR) is 114 cm³/mol. The van der Waals surface area contributed by atoms with Gasteiger partial charge in [0.25, 0.3) is 0 Å². The summed E-state index contributed by atoms with van der Waals surface area (Å²) in [6, 6.07) is 0.517.